The summed E-state index contributed by atoms with van der Waals surface area (Å²) in [6.07, 6.45) is 4.85. The minimum absolute atomic E-state index is 0.446. The van der Waals surface area contributed by atoms with Crippen LogP contribution in [0.4, 0.5) is 0 Å². The standard InChI is InChI=1S/C13H19N5OS/c1-3-9-10(20-18-16-9)11-15-12(17-19-11)13(14)6-4-8(2)5-7-13/h8H,3-7,14H2,1-2H3. The molecule has 0 bridgehead atoms. The second-order valence-electron chi connectivity index (χ2n) is 5.66. The number of rotatable bonds is 3. The van der Waals surface area contributed by atoms with Crippen LogP contribution in [0, 0.1) is 5.92 Å². The van der Waals surface area contributed by atoms with Crippen molar-refractivity contribution in [3.8, 4) is 10.8 Å². The van der Waals surface area contributed by atoms with Gasteiger partial charge in [-0.1, -0.05) is 23.5 Å². The van der Waals surface area contributed by atoms with Crippen molar-refractivity contribution in [2.75, 3.05) is 0 Å². The minimum Gasteiger partial charge on any atom is -0.333 e. The molecule has 1 fully saturated rings. The molecule has 1 saturated carbocycles. The first-order valence-electron chi connectivity index (χ1n) is 7.07. The molecule has 0 spiro atoms. The summed E-state index contributed by atoms with van der Waals surface area (Å²) in [7, 11) is 0. The van der Waals surface area contributed by atoms with Gasteiger partial charge in [0.15, 0.2) is 5.82 Å². The van der Waals surface area contributed by atoms with E-state index < -0.39 is 5.54 Å². The van der Waals surface area contributed by atoms with Crippen LogP contribution >= 0.6 is 11.5 Å². The van der Waals surface area contributed by atoms with Crippen molar-refractivity contribution in [3.63, 3.8) is 0 Å². The Kier molecular flexibility index (Phi) is 3.55. The van der Waals surface area contributed by atoms with Crippen molar-refractivity contribution in [3.05, 3.63) is 11.5 Å². The van der Waals surface area contributed by atoms with Crippen LogP contribution in [0.15, 0.2) is 4.52 Å². The van der Waals surface area contributed by atoms with E-state index in [1.165, 1.54) is 11.5 Å². The Labute approximate surface area is 121 Å². The number of hydrogen-bond donors (Lipinski definition) is 1. The van der Waals surface area contributed by atoms with Gasteiger partial charge in [-0.25, -0.2) is 0 Å². The Balaban J connectivity index is 1.87. The molecule has 1 aliphatic carbocycles. The van der Waals surface area contributed by atoms with Gasteiger partial charge in [-0.15, -0.1) is 5.10 Å². The van der Waals surface area contributed by atoms with E-state index in [0.29, 0.717) is 11.7 Å². The summed E-state index contributed by atoms with van der Waals surface area (Å²) in [4.78, 5) is 5.37. The van der Waals surface area contributed by atoms with Gasteiger partial charge in [-0.05, 0) is 49.6 Å². The summed E-state index contributed by atoms with van der Waals surface area (Å²) in [6, 6.07) is 0. The summed E-state index contributed by atoms with van der Waals surface area (Å²) in [6.45, 7) is 4.29. The lowest BCUT2D eigenvalue weighted by Gasteiger charge is -2.33. The third-order valence-corrected chi connectivity index (χ3v) is 4.88. The number of nitrogens with zero attached hydrogens (tertiary/aromatic N) is 4. The highest BCUT2D eigenvalue weighted by Crippen LogP contribution is 2.37. The molecule has 0 atom stereocenters. The molecule has 6 nitrogen and oxygen atoms in total. The average Bonchev–Trinajstić information content (AvgIpc) is 3.09. The molecule has 2 aromatic rings. The fraction of sp³-hybridized carbons (Fsp3) is 0.692. The van der Waals surface area contributed by atoms with E-state index in [4.69, 9.17) is 10.3 Å². The van der Waals surface area contributed by atoms with Gasteiger partial charge in [-0.2, -0.15) is 4.98 Å². The van der Waals surface area contributed by atoms with E-state index in [0.717, 1.165) is 48.6 Å². The number of aromatic nitrogens is 4. The predicted octanol–water partition coefficient (Wildman–Crippen LogP) is 2.51. The molecule has 0 amide bonds. The summed E-state index contributed by atoms with van der Waals surface area (Å²) < 4.78 is 9.34. The first kappa shape index (κ1) is 13.6. The lowest BCUT2D eigenvalue weighted by molar-refractivity contribution is 0.230. The zero-order chi connectivity index (χ0) is 14.2. The smallest absolute Gasteiger partial charge is 0.271 e. The number of aryl methyl sites for hydroxylation is 1. The molecule has 108 valence electrons. The van der Waals surface area contributed by atoms with Gasteiger partial charge >= 0.3 is 0 Å². The molecule has 3 rings (SSSR count). The van der Waals surface area contributed by atoms with Crippen molar-refractivity contribution in [2.45, 2.75) is 51.5 Å². The third-order valence-electron chi connectivity index (χ3n) is 4.12. The summed E-state index contributed by atoms with van der Waals surface area (Å²) in [5, 5.41) is 8.18. The maximum Gasteiger partial charge on any atom is 0.271 e. The zero-order valence-corrected chi connectivity index (χ0v) is 12.6. The number of nitrogens with two attached hydrogens (primary N) is 1. The van der Waals surface area contributed by atoms with Gasteiger partial charge < -0.3 is 10.3 Å². The van der Waals surface area contributed by atoms with Crippen LogP contribution < -0.4 is 5.73 Å². The molecule has 0 saturated heterocycles. The van der Waals surface area contributed by atoms with E-state index in [-0.39, 0.29) is 0 Å². The highest BCUT2D eigenvalue weighted by Gasteiger charge is 2.36. The quantitative estimate of drug-likeness (QED) is 0.935. The molecule has 0 aromatic carbocycles. The van der Waals surface area contributed by atoms with Crippen molar-refractivity contribution in [1.29, 1.82) is 0 Å². The van der Waals surface area contributed by atoms with Crippen molar-refractivity contribution < 1.29 is 4.52 Å². The van der Waals surface area contributed by atoms with E-state index in [2.05, 4.69) is 26.7 Å². The molecule has 1 aliphatic rings. The van der Waals surface area contributed by atoms with E-state index >= 15 is 0 Å². The van der Waals surface area contributed by atoms with Crippen molar-refractivity contribution >= 4 is 11.5 Å². The van der Waals surface area contributed by atoms with Crippen LogP contribution in [0.3, 0.4) is 0 Å². The number of hydrogen-bond acceptors (Lipinski definition) is 7. The first-order valence-corrected chi connectivity index (χ1v) is 7.84. The van der Waals surface area contributed by atoms with Crippen LogP contribution in [-0.2, 0) is 12.0 Å². The summed E-state index contributed by atoms with van der Waals surface area (Å²) in [5.41, 5.74) is 6.92. The maximum atomic E-state index is 6.47. The molecular weight excluding hydrogens is 274 g/mol. The summed E-state index contributed by atoms with van der Waals surface area (Å²) in [5.74, 6) is 1.85. The Hall–Kier alpha value is -1.34. The predicted molar refractivity (Wildman–Crippen MR) is 76.1 cm³/mol. The van der Waals surface area contributed by atoms with Crippen LogP contribution in [0.25, 0.3) is 10.8 Å². The third kappa shape index (κ3) is 2.35. The van der Waals surface area contributed by atoms with Crippen LogP contribution in [0.2, 0.25) is 0 Å². The molecule has 20 heavy (non-hydrogen) atoms. The lowest BCUT2D eigenvalue weighted by Crippen LogP contribution is -2.41. The molecule has 0 aliphatic heterocycles. The summed E-state index contributed by atoms with van der Waals surface area (Å²) >= 11 is 1.29. The maximum absolute atomic E-state index is 6.47. The highest BCUT2D eigenvalue weighted by atomic mass is 32.1. The van der Waals surface area contributed by atoms with Gasteiger partial charge in [-0.3, -0.25) is 0 Å². The zero-order valence-electron chi connectivity index (χ0n) is 11.8. The highest BCUT2D eigenvalue weighted by molar-refractivity contribution is 7.09. The van der Waals surface area contributed by atoms with E-state index in [9.17, 15) is 0 Å². The monoisotopic (exact) mass is 293 g/mol. The molecule has 7 heteroatoms. The van der Waals surface area contributed by atoms with Gasteiger partial charge in [0, 0.05) is 0 Å². The Morgan fingerprint density at radius 2 is 2.15 bits per heavy atom. The van der Waals surface area contributed by atoms with Crippen LogP contribution in [0.5, 0.6) is 0 Å². The fourth-order valence-corrected chi connectivity index (χ4v) is 3.29. The topological polar surface area (TPSA) is 90.7 Å². The second-order valence-corrected chi connectivity index (χ2v) is 6.42. The molecule has 2 aromatic heterocycles. The average molecular weight is 293 g/mol. The van der Waals surface area contributed by atoms with E-state index in [1.807, 2.05) is 6.92 Å². The van der Waals surface area contributed by atoms with Gasteiger partial charge in [0.2, 0.25) is 0 Å². The molecular formula is C13H19N5OS. The largest absolute Gasteiger partial charge is 0.333 e. The fourth-order valence-electron chi connectivity index (χ4n) is 2.62. The normalized spacial score (nSPS) is 26.9. The van der Waals surface area contributed by atoms with Gasteiger partial charge in [0.1, 0.15) is 4.88 Å². The van der Waals surface area contributed by atoms with Crippen LogP contribution in [-0.4, -0.2) is 19.7 Å². The molecule has 0 radical (unpaired) electrons. The Morgan fingerprint density at radius 3 is 2.85 bits per heavy atom. The van der Waals surface area contributed by atoms with Crippen molar-refractivity contribution in [2.24, 2.45) is 11.7 Å². The Morgan fingerprint density at radius 1 is 1.40 bits per heavy atom. The van der Waals surface area contributed by atoms with Gasteiger partial charge in [0.25, 0.3) is 5.89 Å². The SMILES string of the molecule is CCc1nnsc1-c1nc(C2(N)CCC(C)CC2)no1. The lowest BCUT2D eigenvalue weighted by atomic mass is 9.77. The van der Waals surface area contributed by atoms with E-state index in [1.54, 1.807) is 0 Å². The molecule has 0 unspecified atom stereocenters. The second kappa shape index (κ2) is 5.21. The molecule has 2 heterocycles. The Bertz CT molecular complexity index is 585. The molecule has 2 N–H and O–H groups in total. The van der Waals surface area contributed by atoms with Crippen LogP contribution in [0.1, 0.15) is 51.0 Å². The minimum atomic E-state index is -0.446. The van der Waals surface area contributed by atoms with Crippen molar-refractivity contribution in [1.82, 2.24) is 19.7 Å². The van der Waals surface area contributed by atoms with Gasteiger partial charge in [0.05, 0.1) is 11.2 Å². The first-order chi connectivity index (χ1) is 9.62.